The number of hydrogen-bond acceptors (Lipinski definition) is 5. The molecule has 92 valence electrons. The number of aromatic nitrogens is 3. The number of pyridine rings is 1. The van der Waals surface area contributed by atoms with Crippen LogP contribution in [0.2, 0.25) is 0 Å². The number of hydrogen-bond donors (Lipinski definition) is 1. The maximum atomic E-state index is 4.70. The van der Waals surface area contributed by atoms with Gasteiger partial charge in [0, 0.05) is 43.0 Å². The van der Waals surface area contributed by atoms with E-state index < -0.39 is 0 Å². The lowest BCUT2D eigenvalue weighted by molar-refractivity contribution is 0.612. The van der Waals surface area contributed by atoms with E-state index in [4.69, 9.17) is 4.98 Å². The molecule has 0 amide bonds. The van der Waals surface area contributed by atoms with Crippen molar-refractivity contribution in [3.05, 3.63) is 35.8 Å². The lowest BCUT2D eigenvalue weighted by atomic mass is 10.1. The predicted molar refractivity (Wildman–Crippen MR) is 72.5 cm³/mol. The van der Waals surface area contributed by atoms with Gasteiger partial charge in [0.25, 0.3) is 0 Å². The van der Waals surface area contributed by atoms with Crippen LogP contribution < -0.4 is 5.32 Å². The topological polar surface area (TPSA) is 50.7 Å². The number of rotatable bonds is 2. The third-order valence-electron chi connectivity index (χ3n) is 3.03. The molecule has 0 aromatic carbocycles. The average Bonchev–Trinajstić information content (AvgIpc) is 2.47. The second kappa shape index (κ2) is 5.04. The van der Waals surface area contributed by atoms with Crippen molar-refractivity contribution in [2.75, 3.05) is 12.8 Å². The third kappa shape index (κ3) is 2.11. The first-order chi connectivity index (χ1) is 8.88. The summed E-state index contributed by atoms with van der Waals surface area (Å²) in [6.45, 7) is 1.87. The molecule has 0 spiro atoms. The first-order valence-corrected chi connectivity index (χ1v) is 7.16. The van der Waals surface area contributed by atoms with Gasteiger partial charge in [-0.15, -0.1) is 11.8 Å². The van der Waals surface area contributed by atoms with E-state index >= 15 is 0 Å². The molecule has 0 saturated carbocycles. The molecule has 2 aromatic rings. The molecule has 0 unspecified atom stereocenters. The van der Waals surface area contributed by atoms with Crippen LogP contribution in [0.25, 0.3) is 11.4 Å². The van der Waals surface area contributed by atoms with E-state index in [0.717, 1.165) is 35.9 Å². The Hall–Kier alpha value is -1.46. The minimum absolute atomic E-state index is 0.808. The summed E-state index contributed by atoms with van der Waals surface area (Å²) < 4.78 is 0. The Morgan fingerprint density at radius 2 is 2.06 bits per heavy atom. The van der Waals surface area contributed by atoms with E-state index in [9.17, 15) is 0 Å². The van der Waals surface area contributed by atoms with Gasteiger partial charge in [0.1, 0.15) is 5.03 Å². The van der Waals surface area contributed by atoms with Crippen molar-refractivity contribution in [3.63, 3.8) is 0 Å². The van der Waals surface area contributed by atoms with E-state index in [1.807, 2.05) is 12.1 Å². The molecule has 1 aliphatic heterocycles. The van der Waals surface area contributed by atoms with Gasteiger partial charge >= 0.3 is 0 Å². The molecule has 1 N–H and O–H groups in total. The Morgan fingerprint density at radius 1 is 1.22 bits per heavy atom. The van der Waals surface area contributed by atoms with Crippen molar-refractivity contribution < 1.29 is 0 Å². The van der Waals surface area contributed by atoms with E-state index in [2.05, 4.69) is 21.5 Å². The van der Waals surface area contributed by atoms with Crippen molar-refractivity contribution in [2.45, 2.75) is 18.0 Å². The van der Waals surface area contributed by atoms with Gasteiger partial charge in [-0.3, -0.25) is 4.98 Å². The van der Waals surface area contributed by atoms with Crippen LogP contribution in [0.4, 0.5) is 0 Å². The Morgan fingerprint density at radius 3 is 2.83 bits per heavy atom. The van der Waals surface area contributed by atoms with Crippen molar-refractivity contribution in [3.8, 4) is 11.4 Å². The van der Waals surface area contributed by atoms with Crippen LogP contribution in [0, 0.1) is 0 Å². The summed E-state index contributed by atoms with van der Waals surface area (Å²) in [6.07, 6.45) is 6.59. The van der Waals surface area contributed by atoms with E-state index in [-0.39, 0.29) is 0 Å². The molecule has 0 fully saturated rings. The first kappa shape index (κ1) is 11.6. The van der Waals surface area contributed by atoms with Crippen molar-refractivity contribution >= 4 is 11.8 Å². The second-order valence-corrected chi connectivity index (χ2v) is 4.94. The molecular weight excluding hydrogens is 244 g/mol. The van der Waals surface area contributed by atoms with Crippen LogP contribution in [-0.2, 0) is 13.0 Å². The van der Waals surface area contributed by atoms with Crippen LogP contribution in [0.5, 0.6) is 0 Å². The van der Waals surface area contributed by atoms with Crippen molar-refractivity contribution in [1.82, 2.24) is 20.3 Å². The van der Waals surface area contributed by atoms with Gasteiger partial charge in [-0.2, -0.15) is 0 Å². The van der Waals surface area contributed by atoms with Crippen molar-refractivity contribution in [2.24, 2.45) is 0 Å². The van der Waals surface area contributed by atoms with Crippen LogP contribution in [-0.4, -0.2) is 27.8 Å². The summed E-state index contributed by atoms with van der Waals surface area (Å²) in [6, 6.07) is 3.90. The quantitative estimate of drug-likeness (QED) is 0.658. The zero-order chi connectivity index (χ0) is 12.4. The van der Waals surface area contributed by atoms with Gasteiger partial charge in [-0.1, -0.05) is 0 Å². The van der Waals surface area contributed by atoms with E-state index in [1.165, 1.54) is 11.3 Å². The molecule has 5 heteroatoms. The number of nitrogens with zero attached hydrogens (tertiary/aromatic N) is 3. The molecule has 4 nitrogen and oxygen atoms in total. The number of nitrogens with one attached hydrogen (secondary N) is 1. The molecule has 2 aromatic heterocycles. The van der Waals surface area contributed by atoms with E-state index in [1.54, 1.807) is 24.2 Å². The number of thioether (sulfide) groups is 1. The van der Waals surface area contributed by atoms with Gasteiger partial charge < -0.3 is 5.32 Å². The zero-order valence-electron chi connectivity index (χ0n) is 10.2. The Balaban J connectivity index is 2.12. The molecule has 3 rings (SSSR count). The Bertz CT molecular complexity index is 539. The lowest BCUT2D eigenvalue weighted by Gasteiger charge is -2.19. The highest BCUT2D eigenvalue weighted by molar-refractivity contribution is 7.98. The monoisotopic (exact) mass is 258 g/mol. The minimum Gasteiger partial charge on any atom is -0.312 e. The maximum Gasteiger partial charge on any atom is 0.160 e. The van der Waals surface area contributed by atoms with E-state index in [0.29, 0.717) is 0 Å². The fraction of sp³-hybridized carbons (Fsp3) is 0.308. The van der Waals surface area contributed by atoms with Crippen LogP contribution in [0.1, 0.15) is 11.3 Å². The summed E-state index contributed by atoms with van der Waals surface area (Å²) in [7, 11) is 0. The van der Waals surface area contributed by atoms with Gasteiger partial charge in [-0.25, -0.2) is 9.97 Å². The number of fused-ring (bicyclic) bond motifs is 1. The summed E-state index contributed by atoms with van der Waals surface area (Å²) in [4.78, 5) is 13.4. The van der Waals surface area contributed by atoms with Gasteiger partial charge in [0.05, 0.1) is 5.69 Å². The smallest absolute Gasteiger partial charge is 0.160 e. The molecule has 18 heavy (non-hydrogen) atoms. The minimum atomic E-state index is 0.808. The maximum absolute atomic E-state index is 4.70. The summed E-state index contributed by atoms with van der Waals surface area (Å²) in [5.74, 6) is 0.808. The fourth-order valence-corrected chi connectivity index (χ4v) is 2.73. The first-order valence-electron chi connectivity index (χ1n) is 5.93. The highest BCUT2D eigenvalue weighted by Gasteiger charge is 2.17. The Labute approximate surface area is 110 Å². The fourth-order valence-electron chi connectivity index (χ4n) is 2.11. The van der Waals surface area contributed by atoms with Crippen LogP contribution in [0.15, 0.2) is 29.6 Å². The van der Waals surface area contributed by atoms with Gasteiger partial charge in [-0.05, 0) is 18.4 Å². The normalized spacial score (nSPS) is 14.3. The summed E-state index contributed by atoms with van der Waals surface area (Å²) in [5.41, 5.74) is 3.47. The summed E-state index contributed by atoms with van der Waals surface area (Å²) in [5, 5.41) is 4.45. The largest absolute Gasteiger partial charge is 0.312 e. The second-order valence-electron chi connectivity index (χ2n) is 4.14. The third-order valence-corrected chi connectivity index (χ3v) is 3.75. The summed E-state index contributed by atoms with van der Waals surface area (Å²) >= 11 is 1.69. The molecule has 1 aliphatic rings. The molecular formula is C13H14N4S. The lowest BCUT2D eigenvalue weighted by Crippen LogP contribution is -2.26. The van der Waals surface area contributed by atoms with Gasteiger partial charge in [0.2, 0.25) is 0 Å². The Kier molecular flexibility index (Phi) is 3.25. The molecule has 0 saturated heterocycles. The van der Waals surface area contributed by atoms with Gasteiger partial charge in [0.15, 0.2) is 5.82 Å². The predicted octanol–water partition coefficient (Wildman–Crippen LogP) is 1.91. The highest BCUT2D eigenvalue weighted by atomic mass is 32.2. The zero-order valence-corrected chi connectivity index (χ0v) is 11.0. The molecule has 0 bridgehead atoms. The average molecular weight is 258 g/mol. The molecule has 0 radical (unpaired) electrons. The standard InChI is InChI=1S/C13H14N4S/c1-18-13-10-8-15-7-4-11(10)16-12(17-13)9-2-5-14-6-3-9/h2-3,5-6,15H,4,7-8H2,1H3. The highest BCUT2D eigenvalue weighted by Crippen LogP contribution is 2.26. The van der Waals surface area contributed by atoms with Crippen molar-refractivity contribution in [1.29, 1.82) is 0 Å². The van der Waals surface area contributed by atoms with Crippen LogP contribution >= 0.6 is 11.8 Å². The molecule has 3 heterocycles. The molecule has 0 atom stereocenters. The molecule has 0 aliphatic carbocycles. The van der Waals surface area contributed by atoms with Crippen LogP contribution in [0.3, 0.4) is 0 Å². The SMILES string of the molecule is CSc1nc(-c2ccncc2)nc2c1CNCC2.